The van der Waals surface area contributed by atoms with E-state index in [1.54, 1.807) is 10.9 Å². The first-order valence-electron chi connectivity index (χ1n) is 8.37. The highest BCUT2D eigenvalue weighted by atomic mass is 16.1. The molecule has 0 bridgehead atoms. The van der Waals surface area contributed by atoms with Crippen molar-refractivity contribution in [2.75, 3.05) is 5.32 Å². The highest BCUT2D eigenvalue weighted by Gasteiger charge is 2.13. The molecule has 3 aromatic heterocycles. The molecule has 1 N–H and O–H groups in total. The van der Waals surface area contributed by atoms with Crippen LogP contribution in [0.3, 0.4) is 0 Å². The molecular formula is C20H19N5O. The summed E-state index contributed by atoms with van der Waals surface area (Å²) in [5, 5.41) is 7.01. The summed E-state index contributed by atoms with van der Waals surface area (Å²) in [7, 11) is 1.82. The first kappa shape index (κ1) is 16.1. The zero-order valence-corrected chi connectivity index (χ0v) is 14.9. The standard InChI is InChI=1S/C20H19N5O/c1-13-5-4-10-25-12-18(23-19(13)25)15-6-8-16(9-7-15)22-20(26)17-11-21-24(3)14(17)2/h4-12H,1-3H3,(H,22,26). The normalized spacial score (nSPS) is 11.0. The number of carbonyl (C=O) groups is 1. The van der Waals surface area contributed by atoms with E-state index >= 15 is 0 Å². The van der Waals surface area contributed by atoms with E-state index in [9.17, 15) is 4.79 Å². The van der Waals surface area contributed by atoms with Gasteiger partial charge in [0.1, 0.15) is 5.65 Å². The van der Waals surface area contributed by atoms with E-state index in [0.29, 0.717) is 5.56 Å². The molecule has 0 saturated heterocycles. The van der Waals surface area contributed by atoms with E-state index in [-0.39, 0.29) is 5.91 Å². The van der Waals surface area contributed by atoms with Gasteiger partial charge in [-0.15, -0.1) is 0 Å². The lowest BCUT2D eigenvalue weighted by atomic mass is 10.1. The zero-order valence-electron chi connectivity index (χ0n) is 14.9. The zero-order chi connectivity index (χ0) is 18.3. The second-order valence-electron chi connectivity index (χ2n) is 6.35. The summed E-state index contributed by atoms with van der Waals surface area (Å²) in [5.74, 6) is -0.160. The van der Waals surface area contributed by atoms with Gasteiger partial charge in [-0.05, 0) is 37.6 Å². The summed E-state index contributed by atoms with van der Waals surface area (Å²) in [6, 6.07) is 11.7. The first-order valence-corrected chi connectivity index (χ1v) is 8.37. The second-order valence-corrected chi connectivity index (χ2v) is 6.35. The lowest BCUT2D eigenvalue weighted by molar-refractivity contribution is 0.102. The minimum atomic E-state index is -0.160. The number of benzene rings is 1. The van der Waals surface area contributed by atoms with Crippen molar-refractivity contribution in [2.24, 2.45) is 7.05 Å². The molecule has 1 amide bonds. The molecule has 0 fully saturated rings. The summed E-state index contributed by atoms with van der Waals surface area (Å²) >= 11 is 0. The summed E-state index contributed by atoms with van der Waals surface area (Å²) in [5.41, 5.74) is 6.14. The molecule has 0 aliphatic carbocycles. The molecule has 3 heterocycles. The number of pyridine rings is 1. The summed E-state index contributed by atoms with van der Waals surface area (Å²) in [4.78, 5) is 17.1. The molecule has 1 aromatic carbocycles. The number of hydrogen-bond donors (Lipinski definition) is 1. The summed E-state index contributed by atoms with van der Waals surface area (Å²) < 4.78 is 3.70. The largest absolute Gasteiger partial charge is 0.322 e. The lowest BCUT2D eigenvalue weighted by Crippen LogP contribution is -2.12. The Balaban J connectivity index is 1.57. The Morgan fingerprint density at radius 2 is 1.88 bits per heavy atom. The van der Waals surface area contributed by atoms with Gasteiger partial charge in [-0.25, -0.2) is 4.98 Å². The highest BCUT2D eigenvalue weighted by Crippen LogP contribution is 2.23. The number of fused-ring (bicyclic) bond motifs is 1. The second kappa shape index (κ2) is 6.15. The van der Waals surface area contributed by atoms with Crippen LogP contribution in [0, 0.1) is 13.8 Å². The molecular weight excluding hydrogens is 326 g/mol. The van der Waals surface area contributed by atoms with E-state index < -0.39 is 0 Å². The van der Waals surface area contributed by atoms with Crippen molar-refractivity contribution in [3.63, 3.8) is 0 Å². The number of aromatic nitrogens is 4. The third-order valence-corrected chi connectivity index (χ3v) is 4.60. The number of imidazole rings is 1. The first-order chi connectivity index (χ1) is 12.5. The number of hydrogen-bond acceptors (Lipinski definition) is 3. The van der Waals surface area contributed by atoms with E-state index in [4.69, 9.17) is 4.98 Å². The molecule has 130 valence electrons. The predicted molar refractivity (Wildman–Crippen MR) is 101 cm³/mol. The third-order valence-electron chi connectivity index (χ3n) is 4.60. The predicted octanol–water partition coefficient (Wildman–Crippen LogP) is 3.60. The number of amides is 1. The Morgan fingerprint density at radius 3 is 2.54 bits per heavy atom. The van der Waals surface area contributed by atoms with Gasteiger partial charge < -0.3 is 9.72 Å². The monoisotopic (exact) mass is 345 g/mol. The van der Waals surface area contributed by atoms with Crippen LogP contribution in [0.1, 0.15) is 21.6 Å². The Labute approximate surface area is 151 Å². The van der Waals surface area contributed by atoms with Crippen molar-refractivity contribution >= 4 is 17.2 Å². The molecule has 0 aliphatic rings. The van der Waals surface area contributed by atoms with Crippen molar-refractivity contribution in [3.8, 4) is 11.3 Å². The fourth-order valence-electron chi connectivity index (χ4n) is 2.94. The Bertz CT molecular complexity index is 1110. The molecule has 0 radical (unpaired) electrons. The molecule has 4 aromatic rings. The van der Waals surface area contributed by atoms with Gasteiger partial charge in [0.15, 0.2) is 0 Å². The minimum absolute atomic E-state index is 0.160. The van der Waals surface area contributed by atoms with Crippen LogP contribution in [0.4, 0.5) is 5.69 Å². The fourth-order valence-corrected chi connectivity index (χ4v) is 2.94. The van der Waals surface area contributed by atoms with E-state index in [1.807, 2.05) is 74.1 Å². The average molecular weight is 345 g/mol. The molecule has 4 rings (SSSR count). The number of carbonyl (C=O) groups excluding carboxylic acids is 1. The van der Waals surface area contributed by atoms with Gasteiger partial charge in [-0.2, -0.15) is 5.10 Å². The fraction of sp³-hybridized carbons (Fsp3) is 0.150. The van der Waals surface area contributed by atoms with Crippen molar-refractivity contribution in [3.05, 3.63) is 71.8 Å². The van der Waals surface area contributed by atoms with Crippen molar-refractivity contribution in [2.45, 2.75) is 13.8 Å². The number of rotatable bonds is 3. The third kappa shape index (κ3) is 2.75. The van der Waals surface area contributed by atoms with E-state index in [2.05, 4.69) is 10.4 Å². The maximum absolute atomic E-state index is 12.4. The van der Waals surface area contributed by atoms with Gasteiger partial charge in [0.05, 0.1) is 17.5 Å². The van der Waals surface area contributed by atoms with E-state index in [0.717, 1.165) is 33.8 Å². The van der Waals surface area contributed by atoms with Crippen molar-refractivity contribution in [1.82, 2.24) is 19.2 Å². The van der Waals surface area contributed by atoms with Crippen LogP contribution in [0.5, 0.6) is 0 Å². The van der Waals surface area contributed by atoms with Gasteiger partial charge in [0.2, 0.25) is 0 Å². The average Bonchev–Trinajstić information content (AvgIpc) is 3.21. The van der Waals surface area contributed by atoms with Gasteiger partial charge in [-0.1, -0.05) is 18.2 Å². The summed E-state index contributed by atoms with van der Waals surface area (Å²) in [6.45, 7) is 3.92. The topological polar surface area (TPSA) is 64.2 Å². The van der Waals surface area contributed by atoms with Crippen molar-refractivity contribution < 1.29 is 4.79 Å². The Kier molecular flexibility index (Phi) is 3.80. The van der Waals surface area contributed by atoms with Gasteiger partial charge in [0, 0.05) is 36.4 Å². The lowest BCUT2D eigenvalue weighted by Gasteiger charge is -2.05. The molecule has 6 nitrogen and oxygen atoms in total. The van der Waals surface area contributed by atoms with Crippen LogP contribution in [-0.4, -0.2) is 25.1 Å². The number of anilines is 1. The number of nitrogens with zero attached hydrogens (tertiary/aromatic N) is 4. The van der Waals surface area contributed by atoms with Gasteiger partial charge in [-0.3, -0.25) is 9.48 Å². The maximum Gasteiger partial charge on any atom is 0.259 e. The van der Waals surface area contributed by atoms with Gasteiger partial charge in [0.25, 0.3) is 5.91 Å². The number of aryl methyl sites for hydroxylation is 2. The van der Waals surface area contributed by atoms with Crippen molar-refractivity contribution in [1.29, 1.82) is 0 Å². The summed E-state index contributed by atoms with van der Waals surface area (Å²) in [6.07, 6.45) is 5.58. The van der Waals surface area contributed by atoms with Crippen LogP contribution in [0.25, 0.3) is 16.9 Å². The van der Waals surface area contributed by atoms with Crippen LogP contribution >= 0.6 is 0 Å². The molecule has 0 unspecified atom stereocenters. The number of nitrogens with one attached hydrogen (secondary N) is 1. The van der Waals surface area contributed by atoms with Crippen LogP contribution in [0.15, 0.2) is 55.0 Å². The smallest absolute Gasteiger partial charge is 0.259 e. The molecule has 6 heteroatoms. The van der Waals surface area contributed by atoms with E-state index in [1.165, 1.54) is 0 Å². The molecule has 0 atom stereocenters. The molecule has 0 aliphatic heterocycles. The maximum atomic E-state index is 12.4. The molecule has 0 spiro atoms. The molecule has 26 heavy (non-hydrogen) atoms. The highest BCUT2D eigenvalue weighted by molar-refractivity contribution is 6.04. The van der Waals surface area contributed by atoms with Crippen LogP contribution in [0.2, 0.25) is 0 Å². The minimum Gasteiger partial charge on any atom is -0.322 e. The Hall–Kier alpha value is -3.41. The van der Waals surface area contributed by atoms with Gasteiger partial charge >= 0.3 is 0 Å². The SMILES string of the molecule is Cc1cccn2cc(-c3ccc(NC(=O)c4cnn(C)c4C)cc3)nc12. The quantitative estimate of drug-likeness (QED) is 0.617. The Morgan fingerprint density at radius 1 is 1.12 bits per heavy atom. The van der Waals surface area contributed by atoms with Crippen LogP contribution in [-0.2, 0) is 7.05 Å². The molecule has 0 saturated carbocycles. The van der Waals surface area contributed by atoms with Crippen LogP contribution < -0.4 is 5.32 Å².